The summed E-state index contributed by atoms with van der Waals surface area (Å²) in [5.74, 6) is -0.628. The maximum atomic E-state index is 11.7. The van der Waals surface area contributed by atoms with Gasteiger partial charge >= 0.3 is 12.1 Å². The molecule has 106 valence electrons. The van der Waals surface area contributed by atoms with Crippen LogP contribution in [0.15, 0.2) is 24.3 Å². The minimum absolute atomic E-state index is 0.0662. The van der Waals surface area contributed by atoms with Crippen LogP contribution in [0.1, 0.15) is 10.4 Å². The summed E-state index contributed by atoms with van der Waals surface area (Å²) in [5.41, 5.74) is 2.23. The summed E-state index contributed by atoms with van der Waals surface area (Å²) in [7, 11) is 0. The summed E-state index contributed by atoms with van der Waals surface area (Å²) in [6, 6.07) is 5.65. The molecule has 19 heavy (non-hydrogen) atoms. The Bertz CT molecular complexity index is 405. The summed E-state index contributed by atoms with van der Waals surface area (Å²) in [5, 5.41) is 8.66. The van der Waals surface area contributed by atoms with Crippen LogP contribution in [0, 0.1) is 0 Å². The third-order valence-corrected chi connectivity index (χ3v) is 1.91. The Labute approximate surface area is 106 Å². The number of hydroxylamine groups is 1. The van der Waals surface area contributed by atoms with E-state index in [4.69, 9.17) is 9.84 Å². The van der Waals surface area contributed by atoms with E-state index in [2.05, 4.69) is 10.3 Å². The molecule has 0 saturated carbocycles. The van der Waals surface area contributed by atoms with E-state index < -0.39 is 18.8 Å². The number of alkyl halides is 3. The fourth-order valence-corrected chi connectivity index (χ4v) is 1.11. The van der Waals surface area contributed by atoms with Crippen molar-refractivity contribution in [1.29, 1.82) is 0 Å². The second-order valence-corrected chi connectivity index (χ2v) is 3.48. The van der Waals surface area contributed by atoms with Crippen molar-refractivity contribution in [2.75, 3.05) is 19.8 Å². The highest BCUT2D eigenvalue weighted by atomic mass is 19.4. The summed E-state index contributed by atoms with van der Waals surface area (Å²) < 4.78 is 40.2. The van der Waals surface area contributed by atoms with Gasteiger partial charge < -0.3 is 9.84 Å². The van der Waals surface area contributed by atoms with Gasteiger partial charge in [-0.2, -0.15) is 18.7 Å². The van der Waals surface area contributed by atoms with Gasteiger partial charge in [-0.25, -0.2) is 4.79 Å². The molecule has 1 aromatic rings. The number of carboxylic acid groups (broad SMARTS) is 1. The van der Waals surface area contributed by atoms with Crippen LogP contribution < -0.4 is 10.2 Å². The fourth-order valence-electron chi connectivity index (χ4n) is 1.11. The van der Waals surface area contributed by atoms with Crippen LogP contribution in [0.5, 0.6) is 5.75 Å². The van der Waals surface area contributed by atoms with Crippen LogP contribution >= 0.6 is 0 Å². The average Bonchev–Trinajstić information content (AvgIpc) is 2.33. The van der Waals surface area contributed by atoms with Crippen LogP contribution in [0.2, 0.25) is 0 Å². The van der Waals surface area contributed by atoms with Crippen molar-refractivity contribution in [3.63, 3.8) is 0 Å². The molecule has 0 fully saturated rings. The fraction of sp³-hybridized carbons (Fsp3) is 0.364. The Kier molecular flexibility index (Phi) is 5.58. The normalized spacial score (nSPS) is 11.3. The minimum Gasteiger partial charge on any atom is -0.492 e. The van der Waals surface area contributed by atoms with Crippen molar-refractivity contribution in [3.05, 3.63) is 29.8 Å². The lowest BCUT2D eigenvalue weighted by atomic mass is 10.2. The van der Waals surface area contributed by atoms with Gasteiger partial charge in [-0.1, -0.05) is 0 Å². The topological polar surface area (TPSA) is 67.8 Å². The highest BCUT2D eigenvalue weighted by molar-refractivity contribution is 5.87. The van der Waals surface area contributed by atoms with Gasteiger partial charge in [0.1, 0.15) is 12.4 Å². The Morgan fingerprint density at radius 1 is 1.26 bits per heavy atom. The molecule has 0 atom stereocenters. The smallest absolute Gasteiger partial charge is 0.413 e. The molecule has 0 heterocycles. The molecule has 0 aliphatic carbocycles. The number of halogens is 3. The maximum absolute atomic E-state index is 11.7. The number of aromatic carboxylic acids is 1. The molecule has 0 unspecified atom stereocenters. The van der Waals surface area contributed by atoms with Crippen molar-refractivity contribution in [2.24, 2.45) is 0 Å². The van der Waals surface area contributed by atoms with Gasteiger partial charge in [0, 0.05) is 0 Å². The molecule has 8 heteroatoms. The van der Waals surface area contributed by atoms with E-state index in [0.29, 0.717) is 5.75 Å². The van der Waals surface area contributed by atoms with Crippen LogP contribution in [0.25, 0.3) is 0 Å². The van der Waals surface area contributed by atoms with Crippen LogP contribution in [-0.2, 0) is 4.84 Å². The number of hydrogen-bond donors (Lipinski definition) is 2. The quantitative estimate of drug-likeness (QED) is 0.589. The molecule has 0 aliphatic heterocycles. The molecule has 0 amide bonds. The summed E-state index contributed by atoms with van der Waals surface area (Å²) in [4.78, 5) is 14.7. The highest BCUT2D eigenvalue weighted by Gasteiger charge is 2.27. The van der Waals surface area contributed by atoms with E-state index in [1.165, 1.54) is 24.3 Å². The zero-order chi connectivity index (χ0) is 14.3. The summed E-state index contributed by atoms with van der Waals surface area (Å²) in [6.45, 7) is -1.22. The van der Waals surface area contributed by atoms with Gasteiger partial charge in [0.25, 0.3) is 0 Å². The third kappa shape index (κ3) is 6.63. The van der Waals surface area contributed by atoms with Gasteiger partial charge in [-0.3, -0.25) is 4.84 Å². The van der Waals surface area contributed by atoms with Crippen molar-refractivity contribution < 1.29 is 32.6 Å². The first-order valence-corrected chi connectivity index (χ1v) is 5.26. The Balaban J connectivity index is 2.17. The third-order valence-electron chi connectivity index (χ3n) is 1.91. The number of carbonyl (C=O) groups is 1. The van der Waals surface area contributed by atoms with E-state index >= 15 is 0 Å². The molecule has 0 aliphatic rings. The molecule has 5 nitrogen and oxygen atoms in total. The number of ether oxygens (including phenoxy) is 1. The second kappa shape index (κ2) is 6.95. The first-order valence-electron chi connectivity index (χ1n) is 5.26. The lowest BCUT2D eigenvalue weighted by Gasteiger charge is -2.09. The standard InChI is InChI=1S/C11H12F3NO4/c12-11(13,14)7-19-15-5-6-18-9-3-1-8(2-4-9)10(16)17/h1-4,15H,5-7H2,(H,16,17). The van der Waals surface area contributed by atoms with Crippen LogP contribution in [0.4, 0.5) is 13.2 Å². The molecule has 2 N–H and O–H groups in total. The van der Waals surface area contributed by atoms with Crippen LogP contribution in [0.3, 0.4) is 0 Å². The average molecular weight is 279 g/mol. The molecule has 1 aromatic carbocycles. The summed E-state index contributed by atoms with van der Waals surface area (Å²) >= 11 is 0. The molecule has 1 rings (SSSR count). The van der Waals surface area contributed by atoms with Gasteiger partial charge in [-0.15, -0.1) is 0 Å². The molecule has 0 spiro atoms. The van der Waals surface area contributed by atoms with Crippen molar-refractivity contribution in [3.8, 4) is 5.75 Å². The van der Waals surface area contributed by atoms with E-state index in [1.807, 2.05) is 0 Å². The van der Waals surface area contributed by atoms with Crippen molar-refractivity contribution in [1.82, 2.24) is 5.48 Å². The first-order chi connectivity index (χ1) is 8.88. The number of nitrogens with one attached hydrogen (secondary N) is 1. The van der Waals surface area contributed by atoms with E-state index in [9.17, 15) is 18.0 Å². The Morgan fingerprint density at radius 2 is 1.89 bits per heavy atom. The maximum Gasteiger partial charge on any atom is 0.413 e. The van der Waals surface area contributed by atoms with E-state index in [1.54, 1.807) is 0 Å². The zero-order valence-electron chi connectivity index (χ0n) is 9.74. The predicted octanol–water partition coefficient (Wildman–Crippen LogP) is 1.85. The second-order valence-electron chi connectivity index (χ2n) is 3.48. The van der Waals surface area contributed by atoms with Gasteiger partial charge in [-0.05, 0) is 24.3 Å². The molecule has 0 saturated heterocycles. The van der Waals surface area contributed by atoms with E-state index in [0.717, 1.165) is 0 Å². The molecular weight excluding hydrogens is 267 g/mol. The van der Waals surface area contributed by atoms with Crippen LogP contribution in [-0.4, -0.2) is 37.0 Å². The Hall–Kier alpha value is -1.80. The van der Waals surface area contributed by atoms with Crippen molar-refractivity contribution in [2.45, 2.75) is 6.18 Å². The molecule has 0 bridgehead atoms. The number of hydrogen-bond acceptors (Lipinski definition) is 4. The zero-order valence-corrected chi connectivity index (χ0v) is 9.74. The van der Waals surface area contributed by atoms with Gasteiger partial charge in [0.2, 0.25) is 0 Å². The predicted molar refractivity (Wildman–Crippen MR) is 58.9 cm³/mol. The molecular formula is C11H12F3NO4. The van der Waals surface area contributed by atoms with Gasteiger partial charge in [0.15, 0.2) is 6.61 Å². The molecule has 0 aromatic heterocycles. The lowest BCUT2D eigenvalue weighted by Crippen LogP contribution is -2.27. The van der Waals surface area contributed by atoms with Gasteiger partial charge in [0.05, 0.1) is 12.1 Å². The van der Waals surface area contributed by atoms with Crippen molar-refractivity contribution >= 4 is 5.97 Å². The highest BCUT2D eigenvalue weighted by Crippen LogP contribution is 2.13. The minimum atomic E-state index is -4.37. The summed E-state index contributed by atoms with van der Waals surface area (Å²) in [6.07, 6.45) is -4.37. The molecule has 0 radical (unpaired) electrons. The Morgan fingerprint density at radius 3 is 2.42 bits per heavy atom. The first kappa shape index (κ1) is 15.3. The number of rotatable bonds is 7. The monoisotopic (exact) mass is 279 g/mol. The number of benzene rings is 1. The lowest BCUT2D eigenvalue weighted by molar-refractivity contribution is -0.189. The SMILES string of the molecule is O=C(O)c1ccc(OCCNOCC(F)(F)F)cc1. The van der Waals surface area contributed by atoms with E-state index in [-0.39, 0.29) is 18.7 Å². The largest absolute Gasteiger partial charge is 0.492 e. The number of carboxylic acids is 1.